The molecule has 4 nitrogen and oxygen atoms in total. The van der Waals surface area contributed by atoms with E-state index in [1.807, 2.05) is 13.0 Å². The molecular formula is C20H25F2N3O. The molecule has 0 fully saturated rings. The summed E-state index contributed by atoms with van der Waals surface area (Å²) in [6.45, 7) is 8.62. The van der Waals surface area contributed by atoms with Crippen LogP contribution in [0, 0.1) is 18.6 Å². The van der Waals surface area contributed by atoms with Crippen molar-refractivity contribution in [3.63, 3.8) is 0 Å². The fourth-order valence-electron chi connectivity index (χ4n) is 2.74. The molecule has 0 aliphatic rings. The van der Waals surface area contributed by atoms with Gasteiger partial charge in [-0.05, 0) is 56.7 Å². The first-order valence-corrected chi connectivity index (χ1v) is 8.79. The number of nitrogens with one attached hydrogen (secondary N) is 2. The number of benzene rings is 2. The smallest absolute Gasteiger partial charge is 0.226 e. The Kier molecular flexibility index (Phi) is 6.95. The van der Waals surface area contributed by atoms with Crippen LogP contribution in [0.15, 0.2) is 36.4 Å². The number of nitrogens with zero attached hydrogens (tertiary/aromatic N) is 1. The summed E-state index contributed by atoms with van der Waals surface area (Å²) in [5.41, 5.74) is 3.50. The van der Waals surface area contributed by atoms with Crippen LogP contribution in [-0.4, -0.2) is 25.5 Å². The van der Waals surface area contributed by atoms with Crippen LogP contribution in [0.3, 0.4) is 0 Å². The van der Waals surface area contributed by atoms with Crippen molar-refractivity contribution in [1.82, 2.24) is 0 Å². The average Bonchev–Trinajstić information content (AvgIpc) is 2.61. The first kappa shape index (κ1) is 19.7. The molecule has 1 amide bonds. The molecule has 0 atom stereocenters. The van der Waals surface area contributed by atoms with Crippen molar-refractivity contribution in [1.29, 1.82) is 0 Å². The van der Waals surface area contributed by atoms with Crippen molar-refractivity contribution >= 4 is 23.0 Å². The highest BCUT2D eigenvalue weighted by molar-refractivity contribution is 5.91. The number of hydrogen-bond acceptors (Lipinski definition) is 3. The number of rotatable bonds is 8. The normalized spacial score (nSPS) is 10.5. The largest absolute Gasteiger partial charge is 0.384 e. The van der Waals surface area contributed by atoms with Crippen molar-refractivity contribution in [3.8, 4) is 0 Å². The van der Waals surface area contributed by atoms with Crippen molar-refractivity contribution in [2.24, 2.45) is 0 Å². The summed E-state index contributed by atoms with van der Waals surface area (Å²) in [6.07, 6.45) is 0.218. The van der Waals surface area contributed by atoms with E-state index < -0.39 is 11.6 Å². The minimum atomic E-state index is -0.982. The Bertz CT molecular complexity index is 761. The highest BCUT2D eigenvalue weighted by Gasteiger charge is 2.08. The van der Waals surface area contributed by atoms with Crippen molar-refractivity contribution in [2.45, 2.75) is 27.2 Å². The fourth-order valence-corrected chi connectivity index (χ4v) is 2.74. The lowest BCUT2D eigenvalue weighted by molar-refractivity contribution is -0.115. The topological polar surface area (TPSA) is 44.4 Å². The lowest BCUT2D eigenvalue weighted by atomic mass is 10.1. The maximum atomic E-state index is 13.1. The van der Waals surface area contributed by atoms with E-state index in [0.29, 0.717) is 6.54 Å². The van der Waals surface area contributed by atoms with Gasteiger partial charge in [-0.2, -0.15) is 0 Å². The Hall–Kier alpha value is -2.63. The van der Waals surface area contributed by atoms with E-state index in [4.69, 9.17) is 0 Å². The van der Waals surface area contributed by atoms with Crippen LogP contribution in [0.25, 0.3) is 0 Å². The molecule has 0 bridgehead atoms. The summed E-state index contributed by atoms with van der Waals surface area (Å²) in [7, 11) is 0. The molecule has 0 saturated heterocycles. The predicted molar refractivity (Wildman–Crippen MR) is 103 cm³/mol. The molecule has 0 spiro atoms. The van der Waals surface area contributed by atoms with Crippen molar-refractivity contribution in [2.75, 3.05) is 35.2 Å². The quantitative estimate of drug-likeness (QED) is 0.724. The van der Waals surface area contributed by atoms with Crippen LogP contribution in [0.4, 0.5) is 25.8 Å². The molecule has 6 heteroatoms. The number of carbonyl (C=O) groups excluding carboxylic acids is 1. The number of aryl methyl sites for hydroxylation is 1. The third-order valence-electron chi connectivity index (χ3n) is 4.21. The monoisotopic (exact) mass is 361 g/mol. The molecule has 0 unspecified atom stereocenters. The Morgan fingerprint density at radius 1 is 1.04 bits per heavy atom. The van der Waals surface area contributed by atoms with Gasteiger partial charge in [0.15, 0.2) is 11.6 Å². The molecule has 0 aliphatic carbocycles. The standard InChI is InChI=1S/C20H25F2N3O/c1-4-25(5-2)16-7-9-19(14(3)12-16)23-11-10-20(26)24-15-6-8-17(21)18(22)13-15/h6-9,12-13,23H,4-5,10-11H2,1-3H3,(H,24,26). The van der Waals surface area contributed by atoms with E-state index in [9.17, 15) is 13.6 Å². The zero-order valence-corrected chi connectivity index (χ0v) is 15.4. The molecule has 2 N–H and O–H groups in total. The van der Waals surface area contributed by atoms with Crippen LogP contribution >= 0.6 is 0 Å². The molecule has 2 aromatic rings. The van der Waals surface area contributed by atoms with E-state index in [-0.39, 0.29) is 18.0 Å². The van der Waals surface area contributed by atoms with Gasteiger partial charge in [-0.15, -0.1) is 0 Å². The van der Waals surface area contributed by atoms with E-state index >= 15 is 0 Å². The SMILES string of the molecule is CCN(CC)c1ccc(NCCC(=O)Nc2ccc(F)c(F)c2)c(C)c1. The highest BCUT2D eigenvalue weighted by atomic mass is 19.2. The summed E-state index contributed by atoms with van der Waals surface area (Å²) in [6, 6.07) is 9.48. The first-order chi connectivity index (χ1) is 12.4. The van der Waals surface area contributed by atoms with Crippen molar-refractivity contribution < 1.29 is 13.6 Å². The zero-order valence-electron chi connectivity index (χ0n) is 15.4. The molecule has 0 radical (unpaired) electrons. The number of carbonyl (C=O) groups is 1. The number of halogens is 2. The minimum absolute atomic E-state index is 0.218. The summed E-state index contributed by atoms with van der Waals surface area (Å²) in [5, 5.41) is 5.80. The van der Waals surface area contributed by atoms with E-state index in [0.717, 1.165) is 36.5 Å². The lowest BCUT2D eigenvalue weighted by Gasteiger charge is -2.22. The number of anilines is 3. The van der Waals surface area contributed by atoms with E-state index in [1.54, 1.807) is 0 Å². The van der Waals surface area contributed by atoms with Gasteiger partial charge >= 0.3 is 0 Å². The molecule has 0 heterocycles. The molecule has 2 rings (SSSR count). The molecule has 2 aromatic carbocycles. The third kappa shape index (κ3) is 5.18. The van der Waals surface area contributed by atoms with Crippen molar-refractivity contribution in [3.05, 3.63) is 53.6 Å². The Balaban J connectivity index is 1.86. The molecule has 0 saturated carbocycles. The summed E-state index contributed by atoms with van der Waals surface area (Å²) in [4.78, 5) is 14.2. The van der Waals surface area contributed by atoms with Crippen LogP contribution in [0.5, 0.6) is 0 Å². The van der Waals surface area contributed by atoms with Crippen LogP contribution in [-0.2, 0) is 4.79 Å². The van der Waals surface area contributed by atoms with Crippen LogP contribution < -0.4 is 15.5 Å². The first-order valence-electron chi connectivity index (χ1n) is 8.79. The summed E-state index contributed by atoms with van der Waals surface area (Å²) < 4.78 is 26.0. The van der Waals surface area contributed by atoms with E-state index in [2.05, 4.69) is 41.5 Å². The van der Waals surface area contributed by atoms with Gasteiger partial charge < -0.3 is 15.5 Å². The van der Waals surface area contributed by atoms with E-state index in [1.165, 1.54) is 11.8 Å². The van der Waals surface area contributed by atoms with Gasteiger partial charge in [0.05, 0.1) is 0 Å². The zero-order chi connectivity index (χ0) is 19.1. The maximum Gasteiger partial charge on any atom is 0.226 e. The molecule has 26 heavy (non-hydrogen) atoms. The van der Waals surface area contributed by atoms with Gasteiger partial charge in [-0.3, -0.25) is 4.79 Å². The number of hydrogen-bond donors (Lipinski definition) is 2. The fraction of sp³-hybridized carbons (Fsp3) is 0.350. The maximum absolute atomic E-state index is 13.1. The predicted octanol–water partition coefficient (Wildman–Crippen LogP) is 4.56. The van der Waals surface area contributed by atoms with Gasteiger partial charge in [-0.1, -0.05) is 0 Å². The minimum Gasteiger partial charge on any atom is -0.384 e. The average molecular weight is 361 g/mol. The second-order valence-electron chi connectivity index (χ2n) is 6.03. The molecule has 140 valence electrons. The Morgan fingerprint density at radius 3 is 2.38 bits per heavy atom. The molecular weight excluding hydrogens is 336 g/mol. The lowest BCUT2D eigenvalue weighted by Crippen LogP contribution is -2.22. The van der Waals surface area contributed by atoms with Gasteiger partial charge in [0, 0.05) is 49.2 Å². The van der Waals surface area contributed by atoms with Crippen LogP contribution in [0.2, 0.25) is 0 Å². The number of amides is 1. The third-order valence-corrected chi connectivity index (χ3v) is 4.21. The van der Waals surface area contributed by atoms with Gasteiger partial charge in [0.2, 0.25) is 5.91 Å². The second kappa shape index (κ2) is 9.17. The molecule has 0 aromatic heterocycles. The van der Waals surface area contributed by atoms with Crippen LogP contribution in [0.1, 0.15) is 25.8 Å². The van der Waals surface area contributed by atoms with Gasteiger partial charge in [0.25, 0.3) is 0 Å². The Labute approximate surface area is 153 Å². The van der Waals surface area contributed by atoms with Gasteiger partial charge in [0.1, 0.15) is 0 Å². The molecule has 0 aliphatic heterocycles. The second-order valence-corrected chi connectivity index (χ2v) is 6.03. The summed E-state index contributed by atoms with van der Waals surface area (Å²) in [5.74, 6) is -2.18. The Morgan fingerprint density at radius 2 is 1.77 bits per heavy atom. The summed E-state index contributed by atoms with van der Waals surface area (Å²) >= 11 is 0. The van der Waals surface area contributed by atoms with Gasteiger partial charge in [-0.25, -0.2) is 8.78 Å². The highest BCUT2D eigenvalue weighted by Crippen LogP contribution is 2.22.